The fourth-order valence-electron chi connectivity index (χ4n) is 1.02. The van der Waals surface area contributed by atoms with Crippen LogP contribution >= 0.6 is 0 Å². The highest BCUT2D eigenvalue weighted by molar-refractivity contribution is 4.83. The normalized spacial score (nSPS) is 11.7. The summed E-state index contributed by atoms with van der Waals surface area (Å²) in [6.45, 7) is 8.39. The van der Waals surface area contributed by atoms with Crippen molar-refractivity contribution in [3.8, 4) is 0 Å². The molecule has 0 aliphatic rings. The lowest BCUT2D eigenvalue weighted by Crippen LogP contribution is -2.33. The molecule has 4 heteroatoms. The fourth-order valence-corrected chi connectivity index (χ4v) is 1.02. The average molecular weight is 217 g/mol. The van der Waals surface area contributed by atoms with Gasteiger partial charge in [-0.1, -0.05) is 6.08 Å². The zero-order chi connectivity index (χ0) is 11.6. The van der Waals surface area contributed by atoms with E-state index in [2.05, 4.69) is 13.5 Å². The van der Waals surface area contributed by atoms with Crippen LogP contribution in [0.3, 0.4) is 0 Å². The molecule has 2 N–H and O–H groups in total. The Balaban J connectivity index is 3.88. The van der Waals surface area contributed by atoms with Crippen LogP contribution in [-0.2, 0) is 9.47 Å². The van der Waals surface area contributed by atoms with Gasteiger partial charge in [-0.15, -0.1) is 6.58 Å². The van der Waals surface area contributed by atoms with E-state index in [9.17, 15) is 0 Å². The van der Waals surface area contributed by atoms with E-state index in [0.29, 0.717) is 32.5 Å². The van der Waals surface area contributed by atoms with Gasteiger partial charge in [0.25, 0.3) is 0 Å². The van der Waals surface area contributed by atoms with E-state index < -0.39 is 5.79 Å². The van der Waals surface area contributed by atoms with E-state index in [4.69, 9.17) is 19.7 Å². The van der Waals surface area contributed by atoms with Crippen molar-refractivity contribution in [3.05, 3.63) is 19.6 Å². The van der Waals surface area contributed by atoms with Crippen LogP contribution in [0.15, 0.2) is 12.7 Å². The Morgan fingerprint density at radius 3 is 1.87 bits per heavy atom. The highest BCUT2D eigenvalue weighted by Gasteiger charge is 2.23. The maximum atomic E-state index is 8.61. The van der Waals surface area contributed by atoms with Crippen LogP contribution in [0.2, 0.25) is 0 Å². The highest BCUT2D eigenvalue weighted by atomic mass is 16.7. The van der Waals surface area contributed by atoms with Gasteiger partial charge in [0.15, 0.2) is 5.79 Å². The molecule has 4 nitrogen and oxygen atoms in total. The van der Waals surface area contributed by atoms with Gasteiger partial charge in [0, 0.05) is 26.6 Å². The minimum atomic E-state index is -0.938. The second-order valence-corrected chi connectivity index (χ2v) is 3.25. The zero-order valence-corrected chi connectivity index (χ0v) is 9.15. The smallest absolute Gasteiger partial charge is 0.171 e. The van der Waals surface area contributed by atoms with Gasteiger partial charge < -0.3 is 19.7 Å². The second kappa shape index (κ2) is 8.85. The zero-order valence-electron chi connectivity index (χ0n) is 9.15. The first kappa shape index (κ1) is 14.6. The van der Waals surface area contributed by atoms with Gasteiger partial charge in [-0.25, -0.2) is 0 Å². The Labute approximate surface area is 91.5 Å². The maximum Gasteiger partial charge on any atom is 0.171 e. The van der Waals surface area contributed by atoms with Crippen LogP contribution in [-0.4, -0.2) is 42.4 Å². The van der Waals surface area contributed by atoms with Crippen LogP contribution in [0, 0.1) is 6.92 Å². The van der Waals surface area contributed by atoms with Crippen LogP contribution in [0.4, 0.5) is 0 Å². The van der Waals surface area contributed by atoms with E-state index in [0.717, 1.165) is 0 Å². The molecule has 0 aromatic carbocycles. The molecule has 0 saturated carbocycles. The number of rotatable bonds is 10. The summed E-state index contributed by atoms with van der Waals surface area (Å²) in [5, 5.41) is 17.2. The number of hydrogen-bond donors (Lipinski definition) is 2. The summed E-state index contributed by atoms with van der Waals surface area (Å²) < 4.78 is 10.8. The Morgan fingerprint density at radius 2 is 1.53 bits per heavy atom. The fraction of sp³-hybridized carbons (Fsp3) is 0.727. The molecule has 0 bridgehead atoms. The van der Waals surface area contributed by atoms with Crippen LogP contribution < -0.4 is 0 Å². The highest BCUT2D eigenvalue weighted by Crippen LogP contribution is 2.18. The van der Waals surface area contributed by atoms with Gasteiger partial charge in [-0.05, 0) is 12.8 Å². The average Bonchev–Trinajstić information content (AvgIpc) is 2.19. The lowest BCUT2D eigenvalue weighted by atomic mass is 10.2. The Morgan fingerprint density at radius 1 is 1.07 bits per heavy atom. The largest absolute Gasteiger partial charge is 0.396 e. The Kier molecular flexibility index (Phi) is 8.61. The molecule has 89 valence electrons. The second-order valence-electron chi connectivity index (χ2n) is 3.25. The molecule has 0 atom stereocenters. The van der Waals surface area contributed by atoms with E-state index in [-0.39, 0.29) is 13.2 Å². The SMILES string of the molecule is [CH2]C(CC=C)(OCCCO)OCCCO. The van der Waals surface area contributed by atoms with Gasteiger partial charge in [-0.2, -0.15) is 0 Å². The van der Waals surface area contributed by atoms with E-state index >= 15 is 0 Å². The Hall–Kier alpha value is -0.420. The van der Waals surface area contributed by atoms with Gasteiger partial charge in [0.2, 0.25) is 0 Å². The first-order valence-electron chi connectivity index (χ1n) is 5.14. The first-order valence-corrected chi connectivity index (χ1v) is 5.14. The molecule has 0 aliphatic heterocycles. The molecular formula is C11H21O4. The lowest BCUT2D eigenvalue weighted by Gasteiger charge is -2.28. The van der Waals surface area contributed by atoms with Gasteiger partial charge >= 0.3 is 0 Å². The molecule has 0 aromatic heterocycles. The van der Waals surface area contributed by atoms with Crippen molar-refractivity contribution < 1.29 is 19.7 Å². The van der Waals surface area contributed by atoms with E-state index in [1.165, 1.54) is 0 Å². The first-order chi connectivity index (χ1) is 7.18. The van der Waals surface area contributed by atoms with Crippen LogP contribution in [0.5, 0.6) is 0 Å². The van der Waals surface area contributed by atoms with Gasteiger partial charge in [0.1, 0.15) is 0 Å². The summed E-state index contributed by atoms with van der Waals surface area (Å²) in [4.78, 5) is 0. The molecule has 0 aliphatic carbocycles. The minimum absolute atomic E-state index is 0.0841. The van der Waals surface area contributed by atoms with Crippen molar-refractivity contribution in [2.75, 3.05) is 26.4 Å². The summed E-state index contributed by atoms with van der Waals surface area (Å²) >= 11 is 0. The van der Waals surface area contributed by atoms with Crippen molar-refractivity contribution in [2.45, 2.75) is 25.0 Å². The van der Waals surface area contributed by atoms with Crippen LogP contribution in [0.1, 0.15) is 19.3 Å². The molecule has 0 amide bonds. The summed E-state index contributed by atoms with van der Waals surface area (Å²) in [6, 6.07) is 0. The minimum Gasteiger partial charge on any atom is -0.396 e. The lowest BCUT2D eigenvalue weighted by molar-refractivity contribution is -0.206. The summed E-state index contributed by atoms with van der Waals surface area (Å²) in [7, 11) is 0. The van der Waals surface area contributed by atoms with Crippen molar-refractivity contribution in [1.82, 2.24) is 0 Å². The standard InChI is InChI=1S/C11H21O4/c1-3-6-11(2,14-9-4-7-12)15-10-5-8-13/h3,12-13H,1-2,4-10H2. The third kappa shape index (κ3) is 7.50. The number of ether oxygens (including phenoxy) is 2. The third-order valence-corrected chi connectivity index (χ3v) is 1.79. The summed E-state index contributed by atoms with van der Waals surface area (Å²) in [5.74, 6) is -0.938. The quantitative estimate of drug-likeness (QED) is 0.324. The third-order valence-electron chi connectivity index (χ3n) is 1.79. The molecule has 0 rings (SSSR count). The van der Waals surface area contributed by atoms with Gasteiger partial charge in [0.05, 0.1) is 13.2 Å². The molecule has 1 radical (unpaired) electrons. The van der Waals surface area contributed by atoms with E-state index in [1.54, 1.807) is 6.08 Å². The van der Waals surface area contributed by atoms with Gasteiger partial charge in [-0.3, -0.25) is 0 Å². The molecule has 0 fully saturated rings. The molecule has 0 aromatic rings. The van der Waals surface area contributed by atoms with Crippen LogP contribution in [0.25, 0.3) is 0 Å². The molecule has 15 heavy (non-hydrogen) atoms. The molecule has 0 spiro atoms. The molecule has 0 saturated heterocycles. The van der Waals surface area contributed by atoms with E-state index in [1.807, 2.05) is 0 Å². The number of hydrogen-bond acceptors (Lipinski definition) is 4. The van der Waals surface area contributed by atoms with Crippen molar-refractivity contribution in [3.63, 3.8) is 0 Å². The van der Waals surface area contributed by atoms with Crippen molar-refractivity contribution in [1.29, 1.82) is 0 Å². The van der Waals surface area contributed by atoms with Crippen molar-refractivity contribution >= 4 is 0 Å². The predicted octanol–water partition coefficient (Wildman–Crippen LogP) is 0.891. The number of aliphatic hydroxyl groups is 2. The molecule has 0 heterocycles. The summed E-state index contributed by atoms with van der Waals surface area (Å²) in [6.07, 6.45) is 3.25. The Bertz CT molecular complexity index is 149. The monoisotopic (exact) mass is 217 g/mol. The number of aliphatic hydroxyl groups excluding tert-OH is 2. The molecule has 0 unspecified atom stereocenters. The van der Waals surface area contributed by atoms with Crippen molar-refractivity contribution in [2.24, 2.45) is 0 Å². The molecular weight excluding hydrogens is 196 g/mol. The summed E-state index contributed by atoms with van der Waals surface area (Å²) in [5.41, 5.74) is 0. The maximum absolute atomic E-state index is 8.61. The predicted molar refractivity (Wildman–Crippen MR) is 58.2 cm³/mol. The topological polar surface area (TPSA) is 58.9 Å².